The van der Waals surface area contributed by atoms with E-state index in [1.807, 2.05) is 6.07 Å². The van der Waals surface area contributed by atoms with Crippen LogP contribution in [0.15, 0.2) is 57.5 Å². The molecular formula is C22H18N2O5. The van der Waals surface area contributed by atoms with Crippen molar-refractivity contribution in [3.8, 4) is 17.4 Å². The summed E-state index contributed by atoms with van der Waals surface area (Å²) in [6, 6.07) is 12.0. The first-order chi connectivity index (χ1) is 13.9. The third kappa shape index (κ3) is 3.73. The van der Waals surface area contributed by atoms with Crippen LogP contribution in [0.5, 0.6) is 0 Å². The highest BCUT2D eigenvalue weighted by Gasteiger charge is 2.33. The normalized spacial score (nSPS) is 15.7. The van der Waals surface area contributed by atoms with Crippen LogP contribution in [0.25, 0.3) is 17.4 Å². The molecule has 29 heavy (non-hydrogen) atoms. The molecule has 0 radical (unpaired) electrons. The van der Waals surface area contributed by atoms with Crippen molar-refractivity contribution in [2.75, 3.05) is 13.7 Å². The van der Waals surface area contributed by atoms with Gasteiger partial charge in [-0.1, -0.05) is 12.1 Å². The molecule has 1 aromatic heterocycles. The summed E-state index contributed by atoms with van der Waals surface area (Å²) >= 11 is 0. The number of furan rings is 1. The summed E-state index contributed by atoms with van der Waals surface area (Å²) in [7, 11) is 1.33. The fraction of sp³-hybridized carbons (Fsp3) is 0.182. The largest absolute Gasteiger partial charge is 0.462 e. The van der Waals surface area contributed by atoms with Gasteiger partial charge in [-0.25, -0.2) is 4.79 Å². The van der Waals surface area contributed by atoms with Gasteiger partial charge in [-0.3, -0.25) is 14.5 Å². The van der Waals surface area contributed by atoms with Crippen LogP contribution in [-0.4, -0.2) is 36.3 Å². The van der Waals surface area contributed by atoms with Crippen LogP contribution in [0.4, 0.5) is 0 Å². The summed E-state index contributed by atoms with van der Waals surface area (Å²) < 4.78 is 10.8. The fourth-order valence-electron chi connectivity index (χ4n) is 2.94. The minimum atomic E-state index is -0.622. The average molecular weight is 390 g/mol. The minimum Gasteiger partial charge on any atom is -0.462 e. The average Bonchev–Trinajstić information content (AvgIpc) is 3.19. The molecule has 0 unspecified atom stereocenters. The van der Waals surface area contributed by atoms with E-state index in [0.29, 0.717) is 28.2 Å². The van der Waals surface area contributed by atoms with Crippen molar-refractivity contribution in [1.82, 2.24) is 4.90 Å². The number of amides is 2. The van der Waals surface area contributed by atoms with Crippen molar-refractivity contribution in [3.63, 3.8) is 0 Å². The van der Waals surface area contributed by atoms with E-state index in [4.69, 9.17) is 9.15 Å². The molecule has 2 aromatic rings. The summed E-state index contributed by atoms with van der Waals surface area (Å²) in [5.41, 5.74) is 1.52. The van der Waals surface area contributed by atoms with Crippen LogP contribution in [0.2, 0.25) is 0 Å². The van der Waals surface area contributed by atoms with Crippen LogP contribution in [0, 0.1) is 11.3 Å². The number of nitriles is 1. The van der Waals surface area contributed by atoms with E-state index in [2.05, 4.69) is 0 Å². The highest BCUT2D eigenvalue weighted by molar-refractivity contribution is 6.19. The Kier molecular flexibility index (Phi) is 5.46. The van der Waals surface area contributed by atoms with Crippen LogP contribution in [0.1, 0.15) is 30.0 Å². The van der Waals surface area contributed by atoms with Gasteiger partial charge in [-0.15, -0.1) is 0 Å². The second kappa shape index (κ2) is 7.98. The molecule has 2 amide bonds. The number of carbonyl (C=O) groups excluding carboxylic acids is 3. The number of nitrogens with zero attached hydrogens (tertiary/aromatic N) is 2. The second-order valence-electron chi connectivity index (χ2n) is 6.34. The van der Waals surface area contributed by atoms with Gasteiger partial charge in [-0.05, 0) is 49.8 Å². The zero-order chi connectivity index (χ0) is 21.1. The summed E-state index contributed by atoms with van der Waals surface area (Å²) in [5, 5.41) is 9.23. The number of esters is 1. The van der Waals surface area contributed by atoms with E-state index in [-0.39, 0.29) is 17.8 Å². The lowest BCUT2D eigenvalue weighted by atomic mass is 9.95. The summed E-state index contributed by atoms with van der Waals surface area (Å²) in [4.78, 5) is 37.3. The molecular weight excluding hydrogens is 372 g/mol. The molecule has 1 aliphatic heterocycles. The monoisotopic (exact) mass is 390 g/mol. The molecule has 7 nitrogen and oxygen atoms in total. The molecule has 0 bridgehead atoms. The van der Waals surface area contributed by atoms with Crippen molar-refractivity contribution in [3.05, 3.63) is 64.4 Å². The van der Waals surface area contributed by atoms with Crippen molar-refractivity contribution < 1.29 is 23.5 Å². The predicted octanol–water partition coefficient (Wildman–Crippen LogP) is 3.35. The van der Waals surface area contributed by atoms with Gasteiger partial charge in [-0.2, -0.15) is 5.26 Å². The Morgan fingerprint density at radius 3 is 2.69 bits per heavy atom. The van der Waals surface area contributed by atoms with E-state index < -0.39 is 17.8 Å². The molecule has 1 aliphatic rings. The molecule has 0 atom stereocenters. The summed E-state index contributed by atoms with van der Waals surface area (Å²) in [6.45, 7) is 3.57. The van der Waals surface area contributed by atoms with Gasteiger partial charge in [0.25, 0.3) is 11.8 Å². The standard InChI is InChI=1S/C22H18N2O5/c1-4-28-22(27)15-7-5-6-14(10-15)19-9-8-16(29-19)11-17-13(2)18(12-23)21(26)24(3)20(17)25/h5-11H,4H2,1-3H3/b17-11+. The molecule has 2 heterocycles. The first-order valence-electron chi connectivity index (χ1n) is 8.90. The lowest BCUT2D eigenvalue weighted by Crippen LogP contribution is -2.39. The third-order valence-corrected chi connectivity index (χ3v) is 4.52. The molecule has 7 heteroatoms. The number of hydrogen-bond acceptors (Lipinski definition) is 6. The van der Waals surface area contributed by atoms with Crippen molar-refractivity contribution in [2.24, 2.45) is 0 Å². The molecule has 0 spiro atoms. The highest BCUT2D eigenvalue weighted by Crippen LogP contribution is 2.29. The van der Waals surface area contributed by atoms with E-state index in [0.717, 1.165) is 4.90 Å². The minimum absolute atomic E-state index is 0.0766. The first-order valence-corrected chi connectivity index (χ1v) is 8.90. The zero-order valence-electron chi connectivity index (χ0n) is 16.2. The van der Waals surface area contributed by atoms with E-state index in [9.17, 15) is 19.6 Å². The number of rotatable bonds is 4. The Labute approximate surface area is 167 Å². The van der Waals surface area contributed by atoms with E-state index in [1.54, 1.807) is 50.2 Å². The quantitative estimate of drug-likeness (QED) is 0.451. The van der Waals surface area contributed by atoms with Gasteiger partial charge in [0.2, 0.25) is 0 Å². The Hall–Kier alpha value is -3.92. The molecule has 146 valence electrons. The topological polar surface area (TPSA) is 101 Å². The molecule has 0 aliphatic carbocycles. The number of hydrogen-bond donors (Lipinski definition) is 0. The maximum atomic E-state index is 12.5. The SMILES string of the molecule is CCOC(=O)c1cccc(-c2ccc(/C=C3/C(=O)N(C)C(=O)C(C#N)=C3C)o2)c1. The number of ether oxygens (including phenoxy) is 1. The molecule has 3 rings (SSSR count). The van der Waals surface area contributed by atoms with Gasteiger partial charge < -0.3 is 9.15 Å². The lowest BCUT2D eigenvalue weighted by Gasteiger charge is -2.23. The smallest absolute Gasteiger partial charge is 0.338 e. The number of likely N-dealkylation sites (N-methyl/N-ethyl adjacent to an activating group) is 1. The Balaban J connectivity index is 1.97. The first kappa shape index (κ1) is 19.8. The van der Waals surface area contributed by atoms with Gasteiger partial charge in [0, 0.05) is 18.2 Å². The van der Waals surface area contributed by atoms with Crippen LogP contribution in [0.3, 0.4) is 0 Å². The van der Waals surface area contributed by atoms with Crippen LogP contribution >= 0.6 is 0 Å². The maximum Gasteiger partial charge on any atom is 0.338 e. The van der Waals surface area contributed by atoms with E-state index in [1.165, 1.54) is 13.1 Å². The third-order valence-electron chi connectivity index (χ3n) is 4.52. The van der Waals surface area contributed by atoms with Gasteiger partial charge in [0.1, 0.15) is 23.2 Å². The van der Waals surface area contributed by atoms with Crippen LogP contribution in [-0.2, 0) is 14.3 Å². The number of imide groups is 1. The Morgan fingerprint density at radius 2 is 2.00 bits per heavy atom. The Bertz CT molecular complexity index is 1110. The number of carbonyl (C=O) groups is 3. The van der Waals surface area contributed by atoms with Crippen molar-refractivity contribution in [2.45, 2.75) is 13.8 Å². The van der Waals surface area contributed by atoms with Gasteiger partial charge in [0.05, 0.1) is 12.2 Å². The fourth-order valence-corrected chi connectivity index (χ4v) is 2.94. The number of benzene rings is 1. The lowest BCUT2D eigenvalue weighted by molar-refractivity contribution is -0.138. The molecule has 0 saturated carbocycles. The molecule has 0 N–H and O–H groups in total. The second-order valence-corrected chi connectivity index (χ2v) is 6.34. The van der Waals surface area contributed by atoms with Gasteiger partial charge >= 0.3 is 5.97 Å². The summed E-state index contributed by atoms with van der Waals surface area (Å²) in [6.07, 6.45) is 1.50. The molecule has 1 aromatic carbocycles. The zero-order valence-corrected chi connectivity index (χ0v) is 16.2. The summed E-state index contributed by atoms with van der Waals surface area (Å²) in [5.74, 6) is -0.674. The maximum absolute atomic E-state index is 12.5. The predicted molar refractivity (Wildman–Crippen MR) is 104 cm³/mol. The Morgan fingerprint density at radius 1 is 1.24 bits per heavy atom. The van der Waals surface area contributed by atoms with Crippen molar-refractivity contribution >= 4 is 23.9 Å². The van der Waals surface area contributed by atoms with Crippen LogP contribution < -0.4 is 0 Å². The highest BCUT2D eigenvalue weighted by atomic mass is 16.5. The molecule has 0 saturated heterocycles. The van der Waals surface area contributed by atoms with Crippen molar-refractivity contribution in [1.29, 1.82) is 5.26 Å². The molecule has 0 fully saturated rings. The van der Waals surface area contributed by atoms with E-state index >= 15 is 0 Å². The van der Waals surface area contributed by atoms with Gasteiger partial charge in [0.15, 0.2) is 0 Å².